The molecule has 0 fully saturated rings. The average molecular weight is 729 g/mol. The van der Waals surface area contributed by atoms with Gasteiger partial charge in [-0.3, -0.25) is 4.79 Å². The molecule has 6 heteroatoms. The molecule has 0 aromatic carbocycles. The Morgan fingerprint density at radius 2 is 0.900 bits per heavy atom. The second-order valence-electron chi connectivity index (χ2n) is 11.4. The first-order valence-electron chi connectivity index (χ1n) is 16.9. The molecule has 0 aliphatic heterocycles. The Kier molecular flexibility index (Phi) is 57.0. The first-order valence-corrected chi connectivity index (χ1v) is 18.7. The zero-order valence-corrected chi connectivity index (χ0v) is 32.5. The quantitative estimate of drug-likeness (QED) is 0.0299. The summed E-state index contributed by atoms with van der Waals surface area (Å²) in [6, 6.07) is 0. The van der Waals surface area contributed by atoms with Crippen molar-refractivity contribution in [3.8, 4) is 0 Å². The van der Waals surface area contributed by atoms with Gasteiger partial charge in [0, 0.05) is 0 Å². The summed E-state index contributed by atoms with van der Waals surface area (Å²) in [6.45, 7) is 9.54. The van der Waals surface area contributed by atoms with E-state index in [2.05, 4.69) is 40.3 Å². The number of unbranched alkanes of at least 4 members (excludes halogenated alkanes) is 20. The van der Waals surface area contributed by atoms with Crippen LogP contribution in [0.4, 0.5) is 0 Å². The Morgan fingerprint density at radius 3 is 1.20 bits per heavy atom. The van der Waals surface area contributed by atoms with Crippen LogP contribution in [0.5, 0.6) is 0 Å². The third-order valence-electron chi connectivity index (χ3n) is 6.81. The van der Waals surface area contributed by atoms with Gasteiger partial charge in [0.15, 0.2) is 0 Å². The maximum absolute atomic E-state index is 10.7. The van der Waals surface area contributed by atoms with E-state index >= 15 is 0 Å². The molecule has 241 valence electrons. The monoisotopic (exact) mass is 727 g/mol. The molecule has 0 unspecified atom stereocenters. The van der Waals surface area contributed by atoms with Crippen LogP contribution in [0.3, 0.4) is 0 Å². The van der Waals surface area contributed by atoms with Crippen molar-refractivity contribution in [3.05, 3.63) is 0 Å². The zero-order valence-electron chi connectivity index (χ0n) is 27.4. The summed E-state index contributed by atoms with van der Waals surface area (Å²) in [4.78, 5) is 10.7. The molecule has 0 rings (SSSR count). The molecule has 3 radical (unpaired) electrons. The van der Waals surface area contributed by atoms with Crippen LogP contribution in [0.25, 0.3) is 0 Å². The number of esters is 1. The number of rotatable bonds is 27. The molecule has 0 amide bonds. The minimum absolute atomic E-state index is 0. The van der Waals surface area contributed by atoms with Gasteiger partial charge in [-0.05, 0) is 12.3 Å². The molecule has 0 spiro atoms. The maximum atomic E-state index is 10.7. The van der Waals surface area contributed by atoms with Gasteiger partial charge in [-0.2, -0.15) is 24.1 Å². The fourth-order valence-electron chi connectivity index (χ4n) is 4.24. The van der Waals surface area contributed by atoms with Crippen LogP contribution < -0.4 is 0 Å². The van der Waals surface area contributed by atoms with Gasteiger partial charge in [-0.15, -0.1) is 0 Å². The van der Waals surface area contributed by atoms with E-state index in [-0.39, 0.29) is 36.2 Å². The van der Waals surface area contributed by atoms with Crippen LogP contribution in [-0.2, 0) is 34.8 Å². The summed E-state index contributed by atoms with van der Waals surface area (Å²) < 4.78 is 4.88. The Hall–Kier alpha value is 1.34. The van der Waals surface area contributed by atoms with Crippen LogP contribution in [0, 0.1) is 5.92 Å². The van der Waals surface area contributed by atoms with Gasteiger partial charge in [-0.1, -0.05) is 175 Å². The van der Waals surface area contributed by atoms with Gasteiger partial charge in [0.1, 0.15) is 0 Å². The smallest absolute Gasteiger partial charge is 0.793 e. The normalized spacial score (nSPS) is 10.3. The van der Waals surface area contributed by atoms with Crippen molar-refractivity contribution >= 4 is 68.3 Å². The standard InChI is InChI=1S/2C12H26S.C10H20O2S.Sb/c2*1-2-3-4-5-6-7-8-9-10-11-12-13;1-9(2)6-4-3-5-7-12-10(11)8-13;/h2*13H,2-12H2,1H3;9,13H,3-8H2,1-2H3;/q;;;+2/p-2. The molecule has 0 aliphatic carbocycles. The Morgan fingerprint density at radius 1 is 0.575 bits per heavy atom. The summed E-state index contributed by atoms with van der Waals surface area (Å²) in [7, 11) is 0. The van der Waals surface area contributed by atoms with Gasteiger partial charge in [0.2, 0.25) is 0 Å². The first-order chi connectivity index (χ1) is 19.0. The zero-order chi connectivity index (χ0) is 29.7. The SMILES string of the molecule is CC(C)CCCCCOC(=O)CS.CCCCCCCCCCCC[S-].CCCCCCCCCCCC[S-].[Sb+2]. The van der Waals surface area contributed by atoms with E-state index < -0.39 is 0 Å². The number of ether oxygens (including phenoxy) is 1. The van der Waals surface area contributed by atoms with Gasteiger partial charge in [0.05, 0.1) is 12.4 Å². The summed E-state index contributed by atoms with van der Waals surface area (Å²) in [5.74, 6) is 2.66. The summed E-state index contributed by atoms with van der Waals surface area (Å²) in [6.07, 6.45) is 32.7. The number of carbonyl (C=O) groups excluding carboxylic acids is 1. The first kappa shape index (κ1) is 48.2. The minimum atomic E-state index is -0.216. The third kappa shape index (κ3) is 55.3. The van der Waals surface area contributed by atoms with Crippen molar-refractivity contribution < 1.29 is 9.53 Å². The molecule has 2 nitrogen and oxygen atoms in total. The molecule has 0 atom stereocenters. The van der Waals surface area contributed by atoms with Crippen molar-refractivity contribution in [2.24, 2.45) is 5.92 Å². The Balaban J connectivity index is -0.000000240. The number of hydrogen-bond acceptors (Lipinski definition) is 5. The van der Waals surface area contributed by atoms with Crippen LogP contribution in [0.2, 0.25) is 0 Å². The van der Waals surface area contributed by atoms with Gasteiger partial charge < -0.3 is 30.0 Å². The van der Waals surface area contributed by atoms with E-state index in [0.29, 0.717) is 6.61 Å². The largest absolute Gasteiger partial charge is 2.00 e. The molecule has 0 N–H and O–H groups in total. The Labute approximate surface area is 287 Å². The summed E-state index contributed by atoms with van der Waals surface area (Å²) in [5, 5.41) is 0. The fourth-order valence-corrected chi connectivity index (χ4v) is 4.74. The molecule has 40 heavy (non-hydrogen) atoms. The Bertz CT molecular complexity index is 384. The molecule has 0 bridgehead atoms. The van der Waals surface area contributed by atoms with Gasteiger partial charge in [0.25, 0.3) is 0 Å². The maximum Gasteiger partial charge on any atom is 2.00 e. The average Bonchev–Trinajstić information content (AvgIpc) is 2.93. The predicted octanol–water partition coefficient (Wildman–Crippen LogP) is 11.2. The summed E-state index contributed by atoms with van der Waals surface area (Å²) >= 11 is 13.6. The molecular formula is C34H70O2S3Sb. The molecule has 0 aliphatic rings. The van der Waals surface area contributed by atoms with Crippen LogP contribution in [-0.4, -0.2) is 54.3 Å². The van der Waals surface area contributed by atoms with E-state index in [1.807, 2.05) is 0 Å². The summed E-state index contributed by atoms with van der Waals surface area (Å²) in [5.41, 5.74) is 0. The molecule has 0 aromatic heterocycles. The molecule has 0 heterocycles. The van der Waals surface area contributed by atoms with E-state index in [1.165, 1.54) is 141 Å². The van der Waals surface area contributed by atoms with E-state index in [1.54, 1.807) is 0 Å². The third-order valence-corrected chi connectivity index (χ3v) is 7.65. The van der Waals surface area contributed by atoms with Crippen molar-refractivity contribution in [3.63, 3.8) is 0 Å². The van der Waals surface area contributed by atoms with Gasteiger partial charge >= 0.3 is 30.4 Å². The molecule has 0 saturated heterocycles. The van der Waals surface area contributed by atoms with Crippen LogP contribution >= 0.6 is 12.6 Å². The molecular weight excluding hydrogens is 658 g/mol. The van der Waals surface area contributed by atoms with E-state index in [0.717, 1.165) is 30.3 Å². The topological polar surface area (TPSA) is 26.3 Å². The van der Waals surface area contributed by atoms with Crippen molar-refractivity contribution in [2.45, 2.75) is 182 Å². The van der Waals surface area contributed by atoms with Crippen LogP contribution in [0.15, 0.2) is 0 Å². The predicted molar refractivity (Wildman–Crippen MR) is 192 cm³/mol. The van der Waals surface area contributed by atoms with Crippen LogP contribution in [0.1, 0.15) is 182 Å². The van der Waals surface area contributed by atoms with Crippen molar-refractivity contribution in [1.82, 2.24) is 0 Å². The second kappa shape index (κ2) is 47.3. The number of thiol groups is 1. The number of carbonyl (C=O) groups is 1. The van der Waals surface area contributed by atoms with Crippen molar-refractivity contribution in [2.75, 3.05) is 23.9 Å². The van der Waals surface area contributed by atoms with E-state index in [9.17, 15) is 4.79 Å². The van der Waals surface area contributed by atoms with E-state index in [4.69, 9.17) is 30.0 Å². The minimum Gasteiger partial charge on any atom is -0.793 e. The second-order valence-corrected chi connectivity index (χ2v) is 12.5. The molecule has 0 saturated carbocycles. The van der Waals surface area contributed by atoms with Crippen molar-refractivity contribution in [1.29, 1.82) is 0 Å². The fraction of sp³-hybridized carbons (Fsp3) is 0.971. The van der Waals surface area contributed by atoms with Gasteiger partial charge in [-0.25, -0.2) is 0 Å². The number of hydrogen-bond donors (Lipinski definition) is 1. The molecule has 0 aromatic rings.